The second-order valence-electron chi connectivity index (χ2n) is 20.1. The van der Waals surface area contributed by atoms with Gasteiger partial charge in [0.15, 0.2) is 0 Å². The van der Waals surface area contributed by atoms with Gasteiger partial charge in [0.1, 0.15) is 11.5 Å². The van der Waals surface area contributed by atoms with E-state index in [0.717, 1.165) is 25.7 Å². The topological polar surface area (TPSA) is 198 Å². The molecule has 6 atom stereocenters. The van der Waals surface area contributed by atoms with Crippen molar-refractivity contribution in [2.24, 2.45) is 44.3 Å². The Morgan fingerprint density at radius 2 is 0.774 bits per heavy atom. The van der Waals surface area contributed by atoms with E-state index in [0.29, 0.717) is 82.5 Å². The fraction of sp³-hybridized carbons (Fsp3) is 0.625. The van der Waals surface area contributed by atoms with Gasteiger partial charge in [-0.15, -0.1) is 0 Å². The number of aliphatic carboxylic acids is 2. The maximum Gasteiger partial charge on any atom is 0.317 e. The first kappa shape index (κ1) is 42.5. The van der Waals surface area contributed by atoms with Gasteiger partial charge in [-0.25, -0.2) is 0 Å². The first-order chi connectivity index (χ1) is 29.7. The number of esters is 4. The quantitative estimate of drug-likeness (QED) is 0.177. The predicted molar refractivity (Wildman–Crippen MR) is 216 cm³/mol. The van der Waals surface area contributed by atoms with Crippen LogP contribution in [0.15, 0.2) is 60.7 Å². The minimum Gasteiger partial charge on any atom is -0.481 e. The summed E-state index contributed by atoms with van der Waals surface area (Å²) in [5.41, 5.74) is -6.12. The molecule has 8 bridgehead atoms. The Balaban J connectivity index is 0.000000158. The van der Waals surface area contributed by atoms with Crippen LogP contribution in [-0.2, 0) is 47.7 Å². The van der Waals surface area contributed by atoms with E-state index in [9.17, 15) is 39.0 Å². The second-order valence-corrected chi connectivity index (χ2v) is 20.1. The van der Waals surface area contributed by atoms with Crippen molar-refractivity contribution in [1.82, 2.24) is 0 Å². The number of carbonyl (C=O) groups excluding carboxylic acids is 4. The normalized spacial score (nSPS) is 38.5. The summed E-state index contributed by atoms with van der Waals surface area (Å²) in [6, 6.07) is 17.6. The molecule has 2 aliphatic heterocycles. The van der Waals surface area contributed by atoms with Crippen LogP contribution in [-0.4, -0.2) is 71.8 Å². The third kappa shape index (κ3) is 7.69. The van der Waals surface area contributed by atoms with Crippen LogP contribution in [0, 0.1) is 44.3 Å². The van der Waals surface area contributed by atoms with Crippen LogP contribution in [0.2, 0.25) is 0 Å². The molecule has 2 aromatic carbocycles. The van der Waals surface area contributed by atoms with Crippen LogP contribution in [0.25, 0.3) is 0 Å². The summed E-state index contributed by atoms with van der Waals surface area (Å²) in [4.78, 5) is 78.4. The highest BCUT2D eigenvalue weighted by Crippen LogP contribution is 2.72. The predicted octanol–water partition coefficient (Wildman–Crippen LogP) is 7.41. The third-order valence-corrected chi connectivity index (χ3v) is 15.4. The molecule has 8 aliphatic carbocycles. The Labute approximate surface area is 360 Å². The van der Waals surface area contributed by atoms with Crippen molar-refractivity contribution in [3.63, 3.8) is 0 Å². The van der Waals surface area contributed by atoms with Gasteiger partial charge in [-0.2, -0.15) is 0 Å². The Bertz CT molecular complexity index is 1950. The van der Waals surface area contributed by atoms with E-state index in [2.05, 4.69) is 0 Å². The Kier molecular flexibility index (Phi) is 11.0. The van der Waals surface area contributed by atoms with Gasteiger partial charge >= 0.3 is 35.8 Å². The molecule has 2 N–H and O–H groups in total. The van der Waals surface area contributed by atoms with E-state index in [1.54, 1.807) is 48.5 Å². The number of para-hydroxylation sites is 2. The molecule has 0 spiro atoms. The Morgan fingerprint density at radius 1 is 0.452 bits per heavy atom. The van der Waals surface area contributed by atoms with E-state index < -0.39 is 80.9 Å². The SMILES string of the molecule is O=C(O)C12CC3CC(C(=O)OC4CCCCO4)(C1)CC(C(=O)OC1CCCCO1)(C3)C2.O=C(O)C12CC3CC(C(=O)Oc4ccccc4)(C1)CC(C(=O)Oc1ccccc1)(C3)C2. The van der Waals surface area contributed by atoms with E-state index in [4.69, 9.17) is 28.4 Å². The molecule has 62 heavy (non-hydrogen) atoms. The van der Waals surface area contributed by atoms with Crippen molar-refractivity contribution >= 4 is 35.8 Å². The summed E-state index contributed by atoms with van der Waals surface area (Å²) in [5, 5.41) is 20.3. The summed E-state index contributed by atoms with van der Waals surface area (Å²) >= 11 is 0. The van der Waals surface area contributed by atoms with E-state index in [1.807, 2.05) is 12.1 Å². The molecule has 8 saturated carbocycles. The van der Waals surface area contributed by atoms with Crippen LogP contribution < -0.4 is 9.47 Å². The maximum absolute atomic E-state index is 13.4. The number of benzene rings is 2. The molecule has 2 saturated heterocycles. The summed E-state index contributed by atoms with van der Waals surface area (Å²) in [6.07, 6.45) is 8.59. The van der Waals surface area contributed by atoms with Gasteiger partial charge in [0.25, 0.3) is 0 Å². The van der Waals surface area contributed by atoms with Crippen molar-refractivity contribution < 1.29 is 67.4 Å². The molecule has 10 fully saturated rings. The average molecular weight is 857 g/mol. The number of hydrogen-bond donors (Lipinski definition) is 2. The van der Waals surface area contributed by atoms with Crippen molar-refractivity contribution in [2.75, 3.05) is 13.2 Å². The lowest BCUT2D eigenvalue weighted by Gasteiger charge is -2.62. The number of carboxylic acids is 2. The highest BCUT2D eigenvalue weighted by molar-refractivity contribution is 5.89. The lowest BCUT2D eigenvalue weighted by atomic mass is 9.39. The van der Waals surface area contributed by atoms with Gasteiger partial charge in [-0.1, -0.05) is 36.4 Å². The Morgan fingerprint density at radius 3 is 1.10 bits per heavy atom. The van der Waals surface area contributed by atoms with Crippen LogP contribution in [0.1, 0.15) is 116 Å². The average Bonchev–Trinajstić information content (AvgIpc) is 3.24. The summed E-state index contributed by atoms with van der Waals surface area (Å²) in [5.74, 6) is -2.73. The Hall–Kier alpha value is -4.82. The maximum atomic E-state index is 13.4. The van der Waals surface area contributed by atoms with Crippen molar-refractivity contribution in [3.8, 4) is 11.5 Å². The second kappa shape index (κ2) is 16.1. The van der Waals surface area contributed by atoms with Crippen LogP contribution in [0.4, 0.5) is 0 Å². The fourth-order valence-corrected chi connectivity index (χ4v) is 13.8. The zero-order valence-corrected chi connectivity index (χ0v) is 35.0. The van der Waals surface area contributed by atoms with Gasteiger partial charge in [0.05, 0.1) is 45.7 Å². The number of ether oxygens (including phenoxy) is 6. The van der Waals surface area contributed by atoms with E-state index in [1.165, 1.54) is 0 Å². The van der Waals surface area contributed by atoms with E-state index >= 15 is 0 Å². The fourth-order valence-electron chi connectivity index (χ4n) is 13.8. The highest BCUT2D eigenvalue weighted by Gasteiger charge is 2.73. The molecule has 2 heterocycles. The molecule has 6 unspecified atom stereocenters. The molecule has 2 aromatic rings. The largest absolute Gasteiger partial charge is 0.481 e. The smallest absolute Gasteiger partial charge is 0.317 e. The molecule has 12 rings (SSSR count). The zero-order chi connectivity index (χ0) is 43.4. The summed E-state index contributed by atoms with van der Waals surface area (Å²) < 4.78 is 34.0. The minimum absolute atomic E-state index is 0.00741. The molecule has 10 aliphatic rings. The molecule has 0 amide bonds. The highest BCUT2D eigenvalue weighted by atomic mass is 16.7. The monoisotopic (exact) mass is 856 g/mol. The first-order valence-corrected chi connectivity index (χ1v) is 22.4. The van der Waals surface area contributed by atoms with E-state index in [-0.39, 0.29) is 43.9 Å². The van der Waals surface area contributed by atoms with Gasteiger partial charge in [-0.3, -0.25) is 28.8 Å². The van der Waals surface area contributed by atoms with Crippen molar-refractivity contribution in [3.05, 3.63) is 60.7 Å². The lowest BCUT2D eigenvalue weighted by molar-refractivity contribution is -0.237. The molecule has 14 heteroatoms. The van der Waals surface area contributed by atoms with Crippen LogP contribution >= 0.6 is 0 Å². The van der Waals surface area contributed by atoms with Crippen LogP contribution in [0.5, 0.6) is 11.5 Å². The third-order valence-electron chi connectivity index (χ3n) is 15.4. The van der Waals surface area contributed by atoms with Crippen molar-refractivity contribution in [2.45, 2.75) is 128 Å². The molecule has 332 valence electrons. The molecular weight excluding hydrogens is 801 g/mol. The standard InChI is InChI=1S/C25H24O6.C23H32O8/c26-20(27)23-11-17-12-24(14-23,21(28)30-18-7-3-1-4-8-18)16-25(13-17,15-23)22(29)31-19-9-5-2-6-10-19;24-18(25)21-9-15-10-22(12-21,19(26)30-16-5-1-3-7-28-16)14-23(11-15,13-21)20(27)31-17-6-2-4-8-29-17/h1-10,17H,11-16H2,(H,26,27);15-17H,1-14H2,(H,24,25). The number of carbonyl (C=O) groups is 6. The zero-order valence-electron chi connectivity index (χ0n) is 35.0. The molecule has 0 radical (unpaired) electrons. The molecular formula is C48H56O14. The summed E-state index contributed by atoms with van der Waals surface area (Å²) in [7, 11) is 0. The lowest BCUT2D eigenvalue weighted by Crippen LogP contribution is -2.64. The number of carboxylic acid groups (broad SMARTS) is 2. The van der Waals surface area contributed by atoms with Gasteiger partial charge in [0, 0.05) is 12.8 Å². The number of hydrogen-bond acceptors (Lipinski definition) is 12. The first-order valence-electron chi connectivity index (χ1n) is 22.4. The van der Waals surface area contributed by atoms with Gasteiger partial charge in [-0.05, 0) is 139 Å². The summed E-state index contributed by atoms with van der Waals surface area (Å²) in [6.45, 7) is 1.12. The number of rotatable bonds is 10. The molecule has 14 nitrogen and oxygen atoms in total. The van der Waals surface area contributed by atoms with Gasteiger partial charge in [0.2, 0.25) is 12.6 Å². The van der Waals surface area contributed by atoms with Crippen LogP contribution in [0.3, 0.4) is 0 Å². The van der Waals surface area contributed by atoms with Crippen molar-refractivity contribution in [1.29, 1.82) is 0 Å². The molecule has 0 aromatic heterocycles. The van der Waals surface area contributed by atoms with Gasteiger partial charge < -0.3 is 38.6 Å². The minimum atomic E-state index is -1.11.